The van der Waals surface area contributed by atoms with Crippen molar-refractivity contribution in [1.82, 2.24) is 9.29 Å². The van der Waals surface area contributed by atoms with Crippen LogP contribution in [0.1, 0.15) is 5.56 Å². The summed E-state index contributed by atoms with van der Waals surface area (Å²) >= 11 is 0. The van der Waals surface area contributed by atoms with Crippen LogP contribution >= 0.6 is 0 Å². The van der Waals surface area contributed by atoms with Crippen LogP contribution in [0.5, 0.6) is 0 Å². The zero-order valence-electron chi connectivity index (χ0n) is 13.1. The van der Waals surface area contributed by atoms with E-state index in [1.165, 1.54) is 20.2 Å². The molecule has 0 unspecified atom stereocenters. The average molecular weight is 345 g/mol. The van der Waals surface area contributed by atoms with E-state index in [0.717, 1.165) is 4.31 Å². The Morgan fingerprint density at radius 2 is 1.88 bits per heavy atom. The Balaban J connectivity index is 2.27. The number of methoxy groups -OCH3 is 1. The molecule has 0 spiro atoms. The molecule has 0 radical (unpaired) electrons. The number of sulfonamides is 1. The monoisotopic (exact) mass is 345 g/mol. The first-order chi connectivity index (χ1) is 11.5. The molecule has 1 aromatic heterocycles. The summed E-state index contributed by atoms with van der Waals surface area (Å²) in [5, 5.41) is 3.03. The van der Waals surface area contributed by atoms with Gasteiger partial charge in [0.25, 0.3) is 10.0 Å². The molecular weight excluding hydrogens is 330 g/mol. The predicted molar refractivity (Wildman–Crippen MR) is 88.2 cm³/mol. The maximum atomic E-state index is 12.7. The Labute approximate surface area is 139 Å². The van der Waals surface area contributed by atoms with Gasteiger partial charge in [-0.25, -0.2) is 18.2 Å². The molecule has 24 heavy (non-hydrogen) atoms. The SMILES string of the molecule is COC(=O)C1=C(Nc2ccccn2)c2ccccc2S(=O)(=O)N1C. The van der Waals surface area contributed by atoms with Gasteiger partial charge >= 0.3 is 5.97 Å². The normalized spacial score (nSPS) is 15.7. The van der Waals surface area contributed by atoms with Crippen molar-refractivity contribution >= 4 is 27.5 Å². The van der Waals surface area contributed by atoms with Crippen LogP contribution in [0.2, 0.25) is 0 Å². The maximum Gasteiger partial charge on any atom is 0.357 e. The fourth-order valence-electron chi connectivity index (χ4n) is 2.47. The lowest BCUT2D eigenvalue weighted by Crippen LogP contribution is -2.36. The van der Waals surface area contributed by atoms with Crippen molar-refractivity contribution < 1.29 is 17.9 Å². The highest BCUT2D eigenvalue weighted by Gasteiger charge is 2.38. The number of hydrogen-bond donors (Lipinski definition) is 1. The molecule has 0 saturated heterocycles. The summed E-state index contributed by atoms with van der Waals surface area (Å²) in [7, 11) is -1.32. The van der Waals surface area contributed by atoms with Crippen LogP contribution in [0.15, 0.2) is 59.3 Å². The maximum absolute atomic E-state index is 12.7. The number of aromatic nitrogens is 1. The van der Waals surface area contributed by atoms with Crippen LogP contribution in [0.4, 0.5) is 5.82 Å². The predicted octanol–water partition coefficient (Wildman–Crippen LogP) is 1.67. The molecule has 3 rings (SSSR count). The van der Waals surface area contributed by atoms with Gasteiger partial charge in [0.05, 0.1) is 17.7 Å². The molecule has 0 bridgehead atoms. The van der Waals surface area contributed by atoms with Gasteiger partial charge in [-0.05, 0) is 18.2 Å². The molecule has 2 heterocycles. The number of nitrogens with one attached hydrogen (secondary N) is 1. The molecule has 8 heteroatoms. The van der Waals surface area contributed by atoms with Gasteiger partial charge in [-0.3, -0.25) is 4.31 Å². The van der Waals surface area contributed by atoms with E-state index in [9.17, 15) is 13.2 Å². The lowest BCUT2D eigenvalue weighted by atomic mass is 10.1. The second-order valence-corrected chi connectivity index (χ2v) is 6.96. The largest absolute Gasteiger partial charge is 0.464 e. The second kappa shape index (κ2) is 5.97. The number of anilines is 1. The molecule has 0 amide bonds. The van der Waals surface area contributed by atoms with Gasteiger partial charge in [0, 0.05) is 18.8 Å². The van der Waals surface area contributed by atoms with Crippen molar-refractivity contribution in [1.29, 1.82) is 0 Å². The summed E-state index contributed by atoms with van der Waals surface area (Å²) in [4.78, 5) is 16.5. The number of likely N-dealkylation sites (N-methyl/N-ethyl adjacent to an activating group) is 1. The molecular formula is C16H15N3O4S. The molecule has 7 nitrogen and oxygen atoms in total. The van der Waals surface area contributed by atoms with E-state index in [2.05, 4.69) is 10.3 Å². The van der Waals surface area contributed by atoms with Crippen molar-refractivity contribution in [3.05, 3.63) is 59.9 Å². The minimum atomic E-state index is -3.84. The summed E-state index contributed by atoms with van der Waals surface area (Å²) in [5.74, 6) is -0.273. The third-order valence-electron chi connectivity index (χ3n) is 3.64. The number of rotatable bonds is 3. The molecule has 1 aliphatic heterocycles. The highest BCUT2D eigenvalue weighted by Crippen LogP contribution is 2.36. The minimum absolute atomic E-state index is 0.0955. The summed E-state index contributed by atoms with van der Waals surface area (Å²) < 4.78 is 31.0. The number of carbonyl (C=O) groups is 1. The fraction of sp³-hybridized carbons (Fsp3) is 0.125. The molecule has 0 atom stereocenters. The number of carbonyl (C=O) groups excluding carboxylic acids is 1. The third-order valence-corrected chi connectivity index (χ3v) is 5.46. The van der Waals surface area contributed by atoms with E-state index in [1.54, 1.807) is 42.6 Å². The number of ether oxygens (including phenoxy) is 1. The third kappa shape index (κ3) is 2.50. The molecule has 1 aromatic carbocycles. The van der Waals surface area contributed by atoms with Crippen LogP contribution in [0.25, 0.3) is 5.70 Å². The van der Waals surface area contributed by atoms with Crippen molar-refractivity contribution in [2.24, 2.45) is 0 Å². The van der Waals surface area contributed by atoms with Crippen LogP contribution in [0, 0.1) is 0 Å². The summed E-state index contributed by atoms with van der Waals surface area (Å²) in [5.41, 5.74) is 0.622. The summed E-state index contributed by atoms with van der Waals surface area (Å²) in [6, 6.07) is 11.7. The first-order valence-electron chi connectivity index (χ1n) is 7.06. The highest BCUT2D eigenvalue weighted by atomic mass is 32.2. The Morgan fingerprint density at radius 3 is 2.54 bits per heavy atom. The van der Waals surface area contributed by atoms with Crippen molar-refractivity contribution in [3.8, 4) is 0 Å². The molecule has 0 fully saturated rings. The van der Waals surface area contributed by atoms with E-state index in [1.807, 2.05) is 0 Å². The van der Waals surface area contributed by atoms with E-state index in [4.69, 9.17) is 4.74 Å². The summed E-state index contributed by atoms with van der Waals surface area (Å²) in [6.45, 7) is 0. The number of benzene rings is 1. The Bertz CT molecular complexity index is 923. The van der Waals surface area contributed by atoms with E-state index in [-0.39, 0.29) is 10.6 Å². The molecule has 2 aromatic rings. The van der Waals surface area contributed by atoms with Crippen molar-refractivity contribution in [2.45, 2.75) is 4.90 Å². The average Bonchev–Trinajstić information content (AvgIpc) is 2.60. The number of nitrogens with zero attached hydrogens (tertiary/aromatic N) is 2. The molecule has 0 aliphatic carbocycles. The van der Waals surface area contributed by atoms with Gasteiger partial charge in [-0.2, -0.15) is 0 Å². The second-order valence-electron chi connectivity index (χ2n) is 5.02. The van der Waals surface area contributed by atoms with Gasteiger partial charge in [0.15, 0.2) is 5.70 Å². The number of fused-ring (bicyclic) bond motifs is 1. The van der Waals surface area contributed by atoms with Gasteiger partial charge in [-0.1, -0.05) is 24.3 Å². The molecule has 0 saturated carbocycles. The van der Waals surface area contributed by atoms with Gasteiger partial charge in [0.2, 0.25) is 0 Å². The van der Waals surface area contributed by atoms with Crippen LogP contribution in [-0.2, 0) is 19.6 Å². The smallest absolute Gasteiger partial charge is 0.357 e. The first-order valence-corrected chi connectivity index (χ1v) is 8.50. The van der Waals surface area contributed by atoms with E-state index < -0.39 is 16.0 Å². The zero-order valence-corrected chi connectivity index (χ0v) is 13.9. The summed E-state index contributed by atoms with van der Waals surface area (Å²) in [6.07, 6.45) is 1.59. The van der Waals surface area contributed by atoms with Crippen LogP contribution < -0.4 is 5.32 Å². The molecule has 124 valence electrons. The van der Waals surface area contributed by atoms with E-state index >= 15 is 0 Å². The fourth-order valence-corrected chi connectivity index (χ4v) is 3.87. The molecule has 1 aliphatic rings. The molecule has 1 N–H and O–H groups in total. The highest BCUT2D eigenvalue weighted by molar-refractivity contribution is 7.89. The lowest BCUT2D eigenvalue weighted by Gasteiger charge is -2.30. The van der Waals surface area contributed by atoms with Gasteiger partial charge in [0.1, 0.15) is 5.82 Å². The van der Waals surface area contributed by atoms with Crippen molar-refractivity contribution in [3.63, 3.8) is 0 Å². The van der Waals surface area contributed by atoms with E-state index in [0.29, 0.717) is 17.1 Å². The quantitative estimate of drug-likeness (QED) is 0.851. The van der Waals surface area contributed by atoms with Gasteiger partial charge < -0.3 is 10.1 Å². The Hall–Kier alpha value is -2.87. The first kappa shape index (κ1) is 16.0. The number of esters is 1. The Kier molecular flexibility index (Phi) is 3.98. The lowest BCUT2D eigenvalue weighted by molar-refractivity contribution is -0.137. The topological polar surface area (TPSA) is 88.6 Å². The minimum Gasteiger partial charge on any atom is -0.464 e. The zero-order chi connectivity index (χ0) is 17.3. The Morgan fingerprint density at radius 1 is 1.17 bits per heavy atom. The van der Waals surface area contributed by atoms with Crippen LogP contribution in [0.3, 0.4) is 0 Å². The van der Waals surface area contributed by atoms with Crippen LogP contribution in [-0.4, -0.2) is 37.8 Å². The van der Waals surface area contributed by atoms with Gasteiger partial charge in [-0.15, -0.1) is 0 Å². The number of pyridine rings is 1. The standard InChI is InChI=1S/C16H15N3O4S/c1-19-15(16(20)23-2)14(18-13-9-5-6-10-17-13)11-7-3-4-8-12(11)24(19,21)22/h3-10H,1-2H3,(H,17,18). The number of hydrogen-bond acceptors (Lipinski definition) is 6. The van der Waals surface area contributed by atoms with Crippen molar-refractivity contribution in [2.75, 3.05) is 19.5 Å².